The first-order valence-corrected chi connectivity index (χ1v) is 5.88. The summed E-state index contributed by atoms with van der Waals surface area (Å²) in [5, 5.41) is 0. The van der Waals surface area contributed by atoms with E-state index < -0.39 is 0 Å². The van der Waals surface area contributed by atoms with Crippen molar-refractivity contribution < 1.29 is 4.39 Å². The van der Waals surface area contributed by atoms with Gasteiger partial charge in [0.15, 0.2) is 0 Å². The molecule has 0 aliphatic heterocycles. The Morgan fingerprint density at radius 3 is 2.62 bits per heavy atom. The number of rotatable bonds is 3. The fourth-order valence-electron chi connectivity index (χ4n) is 0.815. The highest BCUT2D eigenvalue weighted by Crippen LogP contribution is 2.21. The molecule has 0 fully saturated rings. The van der Waals surface area contributed by atoms with E-state index in [1.807, 2.05) is 20.2 Å². The minimum atomic E-state index is -0.159. The highest BCUT2D eigenvalue weighted by molar-refractivity contribution is 14.1. The number of hydrogen-bond donors (Lipinski definition) is 0. The molecule has 0 aliphatic carbocycles. The van der Waals surface area contributed by atoms with Gasteiger partial charge in [-0.15, -0.1) is 11.8 Å². The van der Waals surface area contributed by atoms with E-state index in [4.69, 9.17) is 0 Å². The summed E-state index contributed by atoms with van der Waals surface area (Å²) in [7, 11) is 3.99. The zero-order chi connectivity index (χ0) is 9.84. The van der Waals surface area contributed by atoms with Crippen molar-refractivity contribution in [2.75, 3.05) is 20.0 Å². The van der Waals surface area contributed by atoms with Gasteiger partial charge in [-0.05, 0) is 54.9 Å². The monoisotopic (exact) mass is 311 g/mol. The van der Waals surface area contributed by atoms with Gasteiger partial charge >= 0.3 is 0 Å². The maximum Gasteiger partial charge on any atom is 0.125 e. The standard InChI is InChI=1S/C9H11FINS/c1-12(2)6-13-9-4-7(10)3-8(11)5-9/h3-5H,6H2,1-2H3. The lowest BCUT2D eigenvalue weighted by Crippen LogP contribution is -2.09. The van der Waals surface area contributed by atoms with Crippen molar-refractivity contribution in [1.82, 2.24) is 4.90 Å². The normalized spacial score (nSPS) is 10.8. The van der Waals surface area contributed by atoms with E-state index in [9.17, 15) is 4.39 Å². The third-order valence-corrected chi connectivity index (χ3v) is 3.16. The molecule has 72 valence electrons. The molecule has 0 bridgehead atoms. The lowest BCUT2D eigenvalue weighted by atomic mass is 10.3. The molecule has 1 aromatic carbocycles. The molecular formula is C9H11FINS. The van der Waals surface area contributed by atoms with Gasteiger partial charge in [0.05, 0.1) is 0 Å². The summed E-state index contributed by atoms with van der Waals surface area (Å²) in [6.07, 6.45) is 0. The quantitative estimate of drug-likeness (QED) is 0.479. The summed E-state index contributed by atoms with van der Waals surface area (Å²) in [5.74, 6) is 0.715. The van der Waals surface area contributed by atoms with Crippen molar-refractivity contribution in [3.8, 4) is 0 Å². The van der Waals surface area contributed by atoms with Gasteiger partial charge in [0.1, 0.15) is 5.82 Å². The molecule has 0 saturated carbocycles. The SMILES string of the molecule is CN(C)CSc1cc(F)cc(I)c1. The van der Waals surface area contributed by atoms with Crippen molar-refractivity contribution in [3.05, 3.63) is 27.6 Å². The van der Waals surface area contributed by atoms with E-state index >= 15 is 0 Å². The second-order valence-corrected chi connectivity index (χ2v) is 5.22. The molecule has 0 spiro atoms. The van der Waals surface area contributed by atoms with Crippen LogP contribution in [0.25, 0.3) is 0 Å². The summed E-state index contributed by atoms with van der Waals surface area (Å²) in [4.78, 5) is 3.04. The molecule has 0 N–H and O–H groups in total. The number of thioether (sulfide) groups is 1. The van der Waals surface area contributed by atoms with Crippen molar-refractivity contribution in [3.63, 3.8) is 0 Å². The van der Waals surface area contributed by atoms with Gasteiger partial charge in [0.2, 0.25) is 0 Å². The maximum atomic E-state index is 12.9. The van der Waals surface area contributed by atoms with Crippen LogP contribution in [0.5, 0.6) is 0 Å². The highest BCUT2D eigenvalue weighted by atomic mass is 127. The molecule has 1 nitrogen and oxygen atoms in total. The largest absolute Gasteiger partial charge is 0.300 e. The zero-order valence-corrected chi connectivity index (χ0v) is 10.5. The Kier molecular flexibility index (Phi) is 4.48. The molecule has 0 heterocycles. The number of hydrogen-bond acceptors (Lipinski definition) is 2. The average Bonchev–Trinajstić information content (AvgIpc) is 1.99. The van der Waals surface area contributed by atoms with Crippen LogP contribution in [0.2, 0.25) is 0 Å². The topological polar surface area (TPSA) is 3.24 Å². The third-order valence-electron chi connectivity index (χ3n) is 1.33. The fourth-order valence-corrected chi connectivity index (χ4v) is 2.47. The molecule has 4 heteroatoms. The summed E-state index contributed by atoms with van der Waals surface area (Å²) < 4.78 is 13.9. The first-order chi connectivity index (χ1) is 6.08. The van der Waals surface area contributed by atoms with Crippen molar-refractivity contribution in [2.45, 2.75) is 4.90 Å². The molecule has 0 unspecified atom stereocenters. The molecule has 0 aliphatic rings. The Balaban J connectivity index is 2.66. The Bertz CT molecular complexity index is 271. The Morgan fingerprint density at radius 1 is 1.38 bits per heavy atom. The maximum absolute atomic E-state index is 12.9. The van der Waals surface area contributed by atoms with E-state index in [-0.39, 0.29) is 5.82 Å². The van der Waals surface area contributed by atoms with Crippen molar-refractivity contribution in [2.24, 2.45) is 0 Å². The van der Waals surface area contributed by atoms with Gasteiger partial charge in [0.25, 0.3) is 0 Å². The average molecular weight is 311 g/mol. The minimum Gasteiger partial charge on any atom is -0.300 e. The summed E-state index contributed by atoms with van der Waals surface area (Å²) in [6, 6.07) is 5.08. The molecule has 0 amide bonds. The second-order valence-electron chi connectivity index (χ2n) is 2.96. The minimum absolute atomic E-state index is 0.159. The van der Waals surface area contributed by atoms with Crippen LogP contribution in [0.1, 0.15) is 0 Å². The Morgan fingerprint density at radius 2 is 2.08 bits per heavy atom. The highest BCUT2D eigenvalue weighted by Gasteiger charge is 1.99. The van der Waals surface area contributed by atoms with E-state index in [2.05, 4.69) is 27.5 Å². The van der Waals surface area contributed by atoms with E-state index in [0.29, 0.717) is 0 Å². The van der Waals surface area contributed by atoms with E-state index in [1.165, 1.54) is 6.07 Å². The predicted molar refractivity (Wildman–Crippen MR) is 63.5 cm³/mol. The van der Waals surface area contributed by atoms with Crippen LogP contribution in [-0.4, -0.2) is 24.9 Å². The van der Waals surface area contributed by atoms with Gasteiger partial charge in [0, 0.05) is 14.3 Å². The summed E-state index contributed by atoms with van der Waals surface area (Å²) in [6.45, 7) is 0. The molecule has 13 heavy (non-hydrogen) atoms. The van der Waals surface area contributed by atoms with Crippen LogP contribution in [0.4, 0.5) is 4.39 Å². The first kappa shape index (κ1) is 11.3. The van der Waals surface area contributed by atoms with Gasteiger partial charge in [-0.2, -0.15) is 0 Å². The van der Waals surface area contributed by atoms with E-state index in [1.54, 1.807) is 17.8 Å². The number of nitrogens with zero attached hydrogens (tertiary/aromatic N) is 1. The molecular weight excluding hydrogens is 300 g/mol. The van der Waals surface area contributed by atoms with Crippen LogP contribution in [0.15, 0.2) is 23.1 Å². The molecule has 1 rings (SSSR count). The van der Waals surface area contributed by atoms with Crippen LogP contribution in [0.3, 0.4) is 0 Å². The fraction of sp³-hybridized carbons (Fsp3) is 0.333. The molecule has 0 saturated heterocycles. The van der Waals surface area contributed by atoms with Gasteiger partial charge in [-0.3, -0.25) is 4.90 Å². The van der Waals surface area contributed by atoms with Crippen molar-refractivity contribution >= 4 is 34.4 Å². The smallest absolute Gasteiger partial charge is 0.125 e. The van der Waals surface area contributed by atoms with Crippen molar-refractivity contribution in [1.29, 1.82) is 0 Å². The van der Waals surface area contributed by atoms with Crippen LogP contribution in [0, 0.1) is 9.39 Å². The van der Waals surface area contributed by atoms with E-state index in [0.717, 1.165) is 14.3 Å². The van der Waals surface area contributed by atoms with Crippen LogP contribution < -0.4 is 0 Å². The Hall–Kier alpha value is 0.190. The number of benzene rings is 1. The Labute approximate surface area is 95.8 Å². The first-order valence-electron chi connectivity index (χ1n) is 3.81. The zero-order valence-electron chi connectivity index (χ0n) is 7.55. The predicted octanol–water partition coefficient (Wildman–Crippen LogP) is 3.04. The number of halogens is 2. The summed E-state index contributed by atoms with van der Waals surface area (Å²) in [5.41, 5.74) is 0. The van der Waals surface area contributed by atoms with Crippen LogP contribution in [-0.2, 0) is 0 Å². The van der Waals surface area contributed by atoms with Gasteiger partial charge in [-0.1, -0.05) is 0 Å². The lowest BCUT2D eigenvalue weighted by Gasteiger charge is -2.08. The molecule has 0 aromatic heterocycles. The molecule has 0 atom stereocenters. The third kappa shape index (κ3) is 4.28. The van der Waals surface area contributed by atoms with Gasteiger partial charge in [-0.25, -0.2) is 4.39 Å². The molecule has 0 radical (unpaired) electrons. The second kappa shape index (κ2) is 5.17. The summed E-state index contributed by atoms with van der Waals surface area (Å²) >= 11 is 3.76. The van der Waals surface area contributed by atoms with Crippen LogP contribution >= 0.6 is 34.4 Å². The molecule has 1 aromatic rings. The lowest BCUT2D eigenvalue weighted by molar-refractivity contribution is 0.485. The van der Waals surface area contributed by atoms with Gasteiger partial charge < -0.3 is 0 Å².